The zero-order chi connectivity index (χ0) is 27.9. The molecule has 1 N–H and O–H groups in total. The van der Waals surface area contributed by atoms with E-state index in [4.69, 9.17) is 34.8 Å². The monoisotopic (exact) mass is 595 g/mol. The fourth-order valence-electron chi connectivity index (χ4n) is 3.96. The first-order valence-electron chi connectivity index (χ1n) is 11.8. The first kappa shape index (κ1) is 29.8. The zero-order valence-electron chi connectivity index (χ0n) is 20.9. The van der Waals surface area contributed by atoms with Crippen molar-refractivity contribution in [1.29, 1.82) is 0 Å². The number of anilines is 1. The minimum absolute atomic E-state index is 0.0278. The first-order valence-corrected chi connectivity index (χ1v) is 14.8. The van der Waals surface area contributed by atoms with Crippen LogP contribution in [0.4, 0.5) is 5.69 Å². The summed E-state index contributed by atoms with van der Waals surface area (Å²) in [6.45, 7) is 1.60. The number of carbonyl (C=O) groups excluding carboxylic acids is 2. The van der Waals surface area contributed by atoms with Crippen molar-refractivity contribution in [3.05, 3.63) is 99.0 Å². The number of sulfonamides is 1. The first-order chi connectivity index (χ1) is 18.0. The largest absolute Gasteiger partial charge is 0.355 e. The molecule has 3 aromatic carbocycles. The maximum absolute atomic E-state index is 13.9. The minimum atomic E-state index is -3.94. The van der Waals surface area contributed by atoms with E-state index in [2.05, 4.69) is 5.32 Å². The van der Waals surface area contributed by atoms with Crippen molar-refractivity contribution in [1.82, 2.24) is 10.2 Å². The Labute approximate surface area is 238 Å². The van der Waals surface area contributed by atoms with Crippen molar-refractivity contribution < 1.29 is 18.0 Å². The van der Waals surface area contributed by atoms with Crippen molar-refractivity contribution in [3.63, 3.8) is 0 Å². The lowest BCUT2D eigenvalue weighted by Gasteiger charge is -2.33. The van der Waals surface area contributed by atoms with Crippen LogP contribution in [0.3, 0.4) is 0 Å². The van der Waals surface area contributed by atoms with Crippen molar-refractivity contribution in [3.8, 4) is 0 Å². The lowest BCUT2D eigenvalue weighted by atomic mass is 10.0. The van der Waals surface area contributed by atoms with Gasteiger partial charge in [-0.15, -0.1) is 0 Å². The van der Waals surface area contributed by atoms with E-state index in [9.17, 15) is 18.0 Å². The summed E-state index contributed by atoms with van der Waals surface area (Å²) >= 11 is 18.5. The molecule has 7 nitrogen and oxygen atoms in total. The van der Waals surface area contributed by atoms with E-state index in [-0.39, 0.29) is 29.6 Å². The van der Waals surface area contributed by atoms with Crippen molar-refractivity contribution in [2.45, 2.75) is 25.9 Å². The van der Waals surface area contributed by atoms with E-state index in [0.29, 0.717) is 22.2 Å². The molecule has 1 unspecified atom stereocenters. The average Bonchev–Trinajstić information content (AvgIpc) is 2.85. The van der Waals surface area contributed by atoms with Gasteiger partial charge in [0, 0.05) is 29.6 Å². The molecule has 1 atom stereocenters. The highest BCUT2D eigenvalue weighted by Crippen LogP contribution is 2.30. The molecule has 11 heteroatoms. The van der Waals surface area contributed by atoms with Gasteiger partial charge in [-0.3, -0.25) is 13.9 Å². The summed E-state index contributed by atoms with van der Waals surface area (Å²) in [7, 11) is -3.94. The lowest BCUT2D eigenvalue weighted by Crippen LogP contribution is -2.53. The van der Waals surface area contributed by atoms with Crippen LogP contribution in [0.2, 0.25) is 15.1 Å². The number of hydrogen-bond donors (Lipinski definition) is 1. The van der Waals surface area contributed by atoms with Gasteiger partial charge in [-0.25, -0.2) is 8.42 Å². The van der Waals surface area contributed by atoms with Gasteiger partial charge in [-0.2, -0.15) is 0 Å². The third-order valence-corrected chi connectivity index (χ3v) is 7.62. The summed E-state index contributed by atoms with van der Waals surface area (Å²) in [6.07, 6.45) is 1.21. The summed E-state index contributed by atoms with van der Waals surface area (Å²) in [5.74, 6) is -0.948. The molecule has 0 aromatic heterocycles. The molecule has 0 bridgehead atoms. The molecule has 0 aliphatic heterocycles. The quantitative estimate of drug-likeness (QED) is 0.330. The maximum atomic E-state index is 13.9. The second kappa shape index (κ2) is 13.3. The molecule has 0 aliphatic carbocycles. The molecule has 3 rings (SSSR count). The van der Waals surface area contributed by atoms with Crippen LogP contribution in [0.15, 0.2) is 72.8 Å². The number of likely N-dealkylation sites (N-methyl/N-ethyl adjacent to an activating group) is 1. The normalized spacial score (nSPS) is 12.0. The Hall–Kier alpha value is -2.78. The van der Waals surface area contributed by atoms with Gasteiger partial charge in [-0.05, 0) is 48.4 Å². The fourth-order valence-corrected chi connectivity index (χ4v) is 5.59. The van der Waals surface area contributed by atoms with Crippen molar-refractivity contribution in [2.75, 3.05) is 23.7 Å². The number of amides is 2. The molecule has 2 amide bonds. The Balaban J connectivity index is 2.06. The summed E-state index contributed by atoms with van der Waals surface area (Å²) < 4.78 is 26.5. The highest BCUT2D eigenvalue weighted by atomic mass is 35.5. The highest BCUT2D eigenvalue weighted by molar-refractivity contribution is 7.92. The van der Waals surface area contributed by atoms with Crippen LogP contribution < -0.4 is 9.62 Å². The van der Waals surface area contributed by atoms with Gasteiger partial charge in [0.05, 0.1) is 17.0 Å². The smallest absolute Gasteiger partial charge is 0.244 e. The van der Waals surface area contributed by atoms with Gasteiger partial charge < -0.3 is 10.2 Å². The molecular formula is C27H28Cl3N3O4S. The van der Waals surface area contributed by atoms with Crippen molar-refractivity contribution >= 4 is 62.3 Å². The molecule has 0 radical (unpaired) electrons. The number of carbonyl (C=O) groups is 2. The van der Waals surface area contributed by atoms with E-state index in [1.165, 1.54) is 23.1 Å². The van der Waals surface area contributed by atoms with Crippen LogP contribution >= 0.6 is 34.8 Å². The Morgan fingerprint density at radius 1 is 0.895 bits per heavy atom. The predicted molar refractivity (Wildman–Crippen MR) is 153 cm³/mol. The molecule has 0 saturated heterocycles. The number of rotatable bonds is 11. The van der Waals surface area contributed by atoms with E-state index in [1.54, 1.807) is 31.2 Å². The summed E-state index contributed by atoms with van der Waals surface area (Å²) in [5, 5.41) is 3.66. The van der Waals surface area contributed by atoms with E-state index >= 15 is 0 Å². The minimum Gasteiger partial charge on any atom is -0.355 e. The Morgan fingerprint density at radius 3 is 2.16 bits per heavy atom. The Morgan fingerprint density at radius 2 is 1.55 bits per heavy atom. The van der Waals surface area contributed by atoms with E-state index in [1.807, 2.05) is 30.3 Å². The van der Waals surface area contributed by atoms with Gasteiger partial charge >= 0.3 is 0 Å². The molecule has 0 saturated carbocycles. The molecular weight excluding hydrogens is 569 g/mol. The van der Waals surface area contributed by atoms with Gasteiger partial charge in [-0.1, -0.05) is 77.3 Å². The summed E-state index contributed by atoms with van der Waals surface area (Å²) in [5.41, 5.74) is 1.63. The van der Waals surface area contributed by atoms with E-state index < -0.39 is 28.5 Å². The second-order valence-corrected chi connectivity index (χ2v) is 11.8. The summed E-state index contributed by atoms with van der Waals surface area (Å²) in [4.78, 5) is 28.6. The van der Waals surface area contributed by atoms with E-state index in [0.717, 1.165) is 16.1 Å². The Kier molecular flexibility index (Phi) is 10.4. The number of halogens is 3. The molecule has 38 heavy (non-hydrogen) atoms. The summed E-state index contributed by atoms with van der Waals surface area (Å²) in [6, 6.07) is 19.6. The highest BCUT2D eigenvalue weighted by Gasteiger charge is 2.33. The lowest BCUT2D eigenvalue weighted by molar-refractivity contribution is -0.140. The molecule has 0 fully saturated rings. The molecule has 0 heterocycles. The topological polar surface area (TPSA) is 86.8 Å². The Bertz CT molecular complexity index is 1390. The second-order valence-electron chi connectivity index (χ2n) is 8.62. The van der Waals surface area contributed by atoms with Gasteiger partial charge in [0.1, 0.15) is 12.6 Å². The maximum Gasteiger partial charge on any atom is 0.244 e. The zero-order valence-corrected chi connectivity index (χ0v) is 24.0. The standard InChI is InChI=1S/C27H28Cl3N3O4S/c1-3-31-27(35)25(15-19-8-5-4-6-9-19)32(17-20-10-7-11-21(28)14-20)26(34)18-33(38(2,36)37)24-13-12-22(29)16-23(24)30/h4-14,16,25H,3,15,17-18H2,1-2H3,(H,31,35). The SMILES string of the molecule is CCNC(=O)C(Cc1ccccc1)N(Cc1cccc(Cl)c1)C(=O)CN(c1ccc(Cl)cc1Cl)S(C)(=O)=O. The van der Waals surface area contributed by atoms with Crippen LogP contribution in [0, 0.1) is 0 Å². The van der Waals surface area contributed by atoms with Crippen LogP contribution in [-0.2, 0) is 32.6 Å². The molecule has 0 aliphatic rings. The van der Waals surface area contributed by atoms with Crippen LogP contribution in [-0.4, -0.2) is 50.5 Å². The van der Waals surface area contributed by atoms with Crippen LogP contribution in [0.25, 0.3) is 0 Å². The number of nitrogens with one attached hydrogen (secondary N) is 1. The predicted octanol–water partition coefficient (Wildman–Crippen LogP) is 5.19. The fraction of sp³-hybridized carbons (Fsp3) is 0.259. The number of benzene rings is 3. The average molecular weight is 597 g/mol. The molecule has 3 aromatic rings. The third-order valence-electron chi connectivity index (χ3n) is 5.72. The molecule has 202 valence electrons. The number of nitrogens with zero attached hydrogens (tertiary/aromatic N) is 2. The van der Waals surface area contributed by atoms with Crippen molar-refractivity contribution in [2.24, 2.45) is 0 Å². The number of hydrogen-bond acceptors (Lipinski definition) is 4. The van der Waals surface area contributed by atoms with Crippen LogP contribution in [0.1, 0.15) is 18.1 Å². The van der Waals surface area contributed by atoms with Gasteiger partial charge in [0.25, 0.3) is 0 Å². The van der Waals surface area contributed by atoms with Gasteiger partial charge in [0.15, 0.2) is 0 Å². The third kappa shape index (κ3) is 8.11. The van der Waals surface area contributed by atoms with Gasteiger partial charge in [0.2, 0.25) is 21.8 Å². The van der Waals surface area contributed by atoms with Crippen LogP contribution in [0.5, 0.6) is 0 Å². The molecule has 0 spiro atoms.